The lowest BCUT2D eigenvalue weighted by molar-refractivity contribution is 0.156. The van der Waals surface area contributed by atoms with Crippen LogP contribution in [0.15, 0.2) is 18.2 Å². The Morgan fingerprint density at radius 3 is 2.87 bits per heavy atom. The molecule has 0 aromatic heterocycles. The van der Waals surface area contributed by atoms with Crippen molar-refractivity contribution in [2.24, 2.45) is 5.92 Å². The average molecular weight is 227 g/mol. The van der Waals surface area contributed by atoms with Gasteiger partial charge in [0.1, 0.15) is 5.75 Å². The fourth-order valence-corrected chi connectivity index (χ4v) is 1.92. The first kappa shape index (κ1) is 10.8. The minimum atomic E-state index is -0.426. The second kappa shape index (κ2) is 4.42. The van der Waals surface area contributed by atoms with Crippen LogP contribution in [0.1, 0.15) is 30.9 Å². The van der Waals surface area contributed by atoms with E-state index >= 15 is 0 Å². The third-order valence-electron chi connectivity index (χ3n) is 2.81. The first-order chi connectivity index (χ1) is 7.20. The molecule has 1 unspecified atom stereocenters. The standard InChI is InChI=1S/C12H15ClO2/c1-15-12-7-9(13)4-5-10(12)11(14)6-8-2-3-8/h4-5,7-8,11,14H,2-3,6H2,1H3. The van der Waals surface area contributed by atoms with Crippen molar-refractivity contribution in [1.29, 1.82) is 0 Å². The number of methoxy groups -OCH3 is 1. The van der Waals surface area contributed by atoms with E-state index in [1.165, 1.54) is 12.8 Å². The highest BCUT2D eigenvalue weighted by Crippen LogP contribution is 2.40. The van der Waals surface area contributed by atoms with Crippen LogP contribution < -0.4 is 4.74 Å². The van der Waals surface area contributed by atoms with Gasteiger partial charge in [-0.1, -0.05) is 30.5 Å². The quantitative estimate of drug-likeness (QED) is 0.855. The summed E-state index contributed by atoms with van der Waals surface area (Å²) in [5.74, 6) is 1.37. The lowest BCUT2D eigenvalue weighted by atomic mass is 10.0. The van der Waals surface area contributed by atoms with Crippen molar-refractivity contribution in [3.05, 3.63) is 28.8 Å². The van der Waals surface area contributed by atoms with E-state index in [0.717, 1.165) is 12.0 Å². The number of halogens is 1. The Morgan fingerprint density at radius 2 is 2.27 bits per heavy atom. The maximum Gasteiger partial charge on any atom is 0.126 e. The van der Waals surface area contributed by atoms with Gasteiger partial charge in [0.2, 0.25) is 0 Å². The molecule has 1 N–H and O–H groups in total. The van der Waals surface area contributed by atoms with Crippen molar-refractivity contribution < 1.29 is 9.84 Å². The van der Waals surface area contributed by atoms with E-state index in [-0.39, 0.29) is 0 Å². The zero-order valence-electron chi connectivity index (χ0n) is 8.74. The van der Waals surface area contributed by atoms with E-state index in [2.05, 4.69) is 0 Å². The van der Waals surface area contributed by atoms with E-state index in [0.29, 0.717) is 16.7 Å². The molecule has 0 spiro atoms. The highest BCUT2D eigenvalue weighted by molar-refractivity contribution is 6.30. The fourth-order valence-electron chi connectivity index (χ4n) is 1.76. The highest BCUT2D eigenvalue weighted by atomic mass is 35.5. The van der Waals surface area contributed by atoms with Gasteiger partial charge < -0.3 is 9.84 Å². The summed E-state index contributed by atoms with van der Waals surface area (Å²) in [6.07, 6.45) is 2.89. The van der Waals surface area contributed by atoms with Gasteiger partial charge in [0.05, 0.1) is 13.2 Å². The molecule has 3 heteroatoms. The molecule has 0 radical (unpaired) electrons. The first-order valence-electron chi connectivity index (χ1n) is 5.22. The lowest BCUT2D eigenvalue weighted by Gasteiger charge is -2.14. The molecule has 0 aliphatic heterocycles. The topological polar surface area (TPSA) is 29.5 Å². The number of aliphatic hydroxyl groups is 1. The number of ether oxygens (including phenoxy) is 1. The summed E-state index contributed by atoms with van der Waals surface area (Å²) in [7, 11) is 1.60. The number of benzene rings is 1. The largest absolute Gasteiger partial charge is 0.496 e. The normalized spacial score (nSPS) is 17.5. The monoisotopic (exact) mass is 226 g/mol. The lowest BCUT2D eigenvalue weighted by Crippen LogP contribution is -2.01. The molecule has 1 aliphatic rings. The molecule has 0 heterocycles. The van der Waals surface area contributed by atoms with Crippen molar-refractivity contribution in [2.45, 2.75) is 25.4 Å². The van der Waals surface area contributed by atoms with E-state index in [4.69, 9.17) is 16.3 Å². The van der Waals surface area contributed by atoms with Crippen LogP contribution in [0.25, 0.3) is 0 Å². The summed E-state index contributed by atoms with van der Waals surface area (Å²) in [6.45, 7) is 0. The van der Waals surface area contributed by atoms with Crippen LogP contribution in [0, 0.1) is 5.92 Å². The Balaban J connectivity index is 2.17. The van der Waals surface area contributed by atoms with E-state index in [9.17, 15) is 5.11 Å². The maximum absolute atomic E-state index is 10.0. The van der Waals surface area contributed by atoms with Gasteiger partial charge >= 0.3 is 0 Å². The Kier molecular flexibility index (Phi) is 3.17. The highest BCUT2D eigenvalue weighted by Gasteiger charge is 2.26. The number of rotatable bonds is 4. The fraction of sp³-hybridized carbons (Fsp3) is 0.500. The minimum Gasteiger partial charge on any atom is -0.496 e. The molecular weight excluding hydrogens is 212 g/mol. The predicted octanol–water partition coefficient (Wildman–Crippen LogP) is 3.18. The zero-order valence-corrected chi connectivity index (χ0v) is 9.50. The molecule has 1 aromatic rings. The second-order valence-corrected chi connectivity index (χ2v) is 4.52. The molecule has 15 heavy (non-hydrogen) atoms. The molecule has 2 rings (SSSR count). The van der Waals surface area contributed by atoms with Crippen LogP contribution in [0.3, 0.4) is 0 Å². The first-order valence-corrected chi connectivity index (χ1v) is 5.60. The Bertz CT molecular complexity index is 347. The van der Waals surface area contributed by atoms with Gasteiger partial charge in [0.25, 0.3) is 0 Å². The van der Waals surface area contributed by atoms with Gasteiger partial charge in [-0.15, -0.1) is 0 Å². The summed E-state index contributed by atoms with van der Waals surface area (Å²) >= 11 is 5.86. The van der Waals surface area contributed by atoms with Crippen LogP contribution in [-0.4, -0.2) is 12.2 Å². The molecule has 82 valence electrons. The molecule has 2 nitrogen and oxygen atoms in total. The van der Waals surface area contributed by atoms with Crippen molar-refractivity contribution in [2.75, 3.05) is 7.11 Å². The van der Waals surface area contributed by atoms with Crippen LogP contribution in [0.5, 0.6) is 5.75 Å². The van der Waals surface area contributed by atoms with Gasteiger partial charge in [-0.3, -0.25) is 0 Å². The van der Waals surface area contributed by atoms with Gasteiger partial charge in [0.15, 0.2) is 0 Å². The van der Waals surface area contributed by atoms with Gasteiger partial charge in [0, 0.05) is 10.6 Å². The molecule has 1 aliphatic carbocycles. The third-order valence-corrected chi connectivity index (χ3v) is 3.04. The van der Waals surface area contributed by atoms with Crippen LogP contribution in [-0.2, 0) is 0 Å². The van der Waals surface area contributed by atoms with Crippen LogP contribution in [0.2, 0.25) is 5.02 Å². The maximum atomic E-state index is 10.0. The average Bonchev–Trinajstić information content (AvgIpc) is 3.01. The molecule has 0 amide bonds. The number of aliphatic hydroxyl groups excluding tert-OH is 1. The van der Waals surface area contributed by atoms with Crippen LogP contribution in [0.4, 0.5) is 0 Å². The van der Waals surface area contributed by atoms with Crippen molar-refractivity contribution in [3.63, 3.8) is 0 Å². The SMILES string of the molecule is COc1cc(Cl)ccc1C(O)CC1CC1. The third kappa shape index (κ3) is 2.64. The second-order valence-electron chi connectivity index (χ2n) is 4.08. The molecule has 1 fully saturated rings. The van der Waals surface area contributed by atoms with E-state index in [1.54, 1.807) is 19.2 Å². The van der Waals surface area contributed by atoms with Gasteiger partial charge in [-0.2, -0.15) is 0 Å². The molecule has 1 atom stereocenters. The molecule has 1 aromatic carbocycles. The van der Waals surface area contributed by atoms with Crippen molar-refractivity contribution >= 4 is 11.6 Å². The van der Waals surface area contributed by atoms with Gasteiger partial charge in [-0.05, 0) is 24.5 Å². The van der Waals surface area contributed by atoms with E-state index in [1.807, 2.05) is 6.07 Å². The Morgan fingerprint density at radius 1 is 1.53 bits per heavy atom. The summed E-state index contributed by atoms with van der Waals surface area (Å²) in [5.41, 5.74) is 0.841. The summed E-state index contributed by atoms with van der Waals surface area (Å²) < 4.78 is 5.20. The van der Waals surface area contributed by atoms with Crippen LogP contribution >= 0.6 is 11.6 Å². The molecule has 0 bridgehead atoms. The number of hydrogen-bond acceptors (Lipinski definition) is 2. The minimum absolute atomic E-state index is 0.426. The molecular formula is C12H15ClO2. The van der Waals surface area contributed by atoms with Gasteiger partial charge in [-0.25, -0.2) is 0 Å². The smallest absolute Gasteiger partial charge is 0.126 e. The van der Waals surface area contributed by atoms with Crippen molar-refractivity contribution in [3.8, 4) is 5.75 Å². The predicted molar refractivity (Wildman–Crippen MR) is 60.3 cm³/mol. The van der Waals surface area contributed by atoms with Crippen molar-refractivity contribution in [1.82, 2.24) is 0 Å². The Hall–Kier alpha value is -0.730. The Labute approximate surface area is 94.8 Å². The number of hydrogen-bond donors (Lipinski definition) is 1. The zero-order chi connectivity index (χ0) is 10.8. The molecule has 0 saturated heterocycles. The summed E-state index contributed by atoms with van der Waals surface area (Å²) in [5, 5.41) is 10.6. The van der Waals surface area contributed by atoms with E-state index < -0.39 is 6.10 Å². The summed E-state index contributed by atoms with van der Waals surface area (Å²) in [4.78, 5) is 0. The molecule has 1 saturated carbocycles. The summed E-state index contributed by atoms with van der Waals surface area (Å²) in [6, 6.07) is 5.37.